The number of phenolic OH excluding ortho intramolecular Hbond substituents is 2. The van der Waals surface area contributed by atoms with Gasteiger partial charge in [0, 0.05) is 12.0 Å². The zero-order valence-corrected chi connectivity index (χ0v) is 17.6. The molecule has 3 rings (SSSR count). The predicted molar refractivity (Wildman–Crippen MR) is 117 cm³/mol. The highest BCUT2D eigenvalue weighted by Crippen LogP contribution is 2.41. The number of benzene rings is 2. The number of aliphatic hydroxyl groups is 1. The van der Waals surface area contributed by atoms with Gasteiger partial charge in [0.25, 0.3) is 0 Å². The number of hydrogen-bond acceptors (Lipinski definition) is 5. The summed E-state index contributed by atoms with van der Waals surface area (Å²) in [4.78, 5) is 12.6. The summed E-state index contributed by atoms with van der Waals surface area (Å²) in [7, 11) is 0. The fourth-order valence-corrected chi connectivity index (χ4v) is 3.55. The Morgan fingerprint density at radius 3 is 2.53 bits per heavy atom. The fourth-order valence-electron chi connectivity index (χ4n) is 3.55. The van der Waals surface area contributed by atoms with Crippen LogP contribution in [0.25, 0.3) is 6.08 Å². The molecule has 2 atom stereocenters. The minimum absolute atomic E-state index is 0.150. The Morgan fingerprint density at radius 1 is 1.17 bits per heavy atom. The first-order chi connectivity index (χ1) is 14.2. The predicted octanol–water partition coefficient (Wildman–Crippen LogP) is 4.79. The van der Waals surface area contributed by atoms with Crippen LogP contribution in [0.4, 0.5) is 0 Å². The van der Waals surface area contributed by atoms with Crippen LogP contribution in [0.3, 0.4) is 0 Å². The summed E-state index contributed by atoms with van der Waals surface area (Å²) in [6.07, 6.45) is 5.96. The van der Waals surface area contributed by atoms with Gasteiger partial charge in [-0.1, -0.05) is 29.9 Å². The SMILES string of the molecule is CC(C)=CCCC1(C)Oc2ccc(C(=O)/C=C/c3ccc(O)cc3)c(O)c2CC1O. The minimum atomic E-state index is -0.792. The number of carbonyl (C=O) groups excluding carboxylic acids is 1. The molecule has 0 radical (unpaired) electrons. The van der Waals surface area contributed by atoms with E-state index >= 15 is 0 Å². The molecule has 1 heterocycles. The van der Waals surface area contributed by atoms with E-state index in [1.165, 1.54) is 23.8 Å². The summed E-state index contributed by atoms with van der Waals surface area (Å²) in [5, 5.41) is 30.7. The maximum atomic E-state index is 12.6. The average molecular weight is 408 g/mol. The van der Waals surface area contributed by atoms with Crippen molar-refractivity contribution in [1.82, 2.24) is 0 Å². The van der Waals surface area contributed by atoms with Crippen LogP contribution in [-0.2, 0) is 6.42 Å². The normalized spacial score (nSPS) is 20.5. The summed E-state index contributed by atoms with van der Waals surface area (Å²) in [5.41, 5.74) is 1.82. The first kappa shape index (κ1) is 21.7. The Kier molecular flexibility index (Phi) is 6.32. The lowest BCUT2D eigenvalue weighted by Gasteiger charge is -2.40. The Hall–Kier alpha value is -3.05. The van der Waals surface area contributed by atoms with E-state index in [0.717, 1.165) is 12.0 Å². The van der Waals surface area contributed by atoms with Crippen LogP contribution < -0.4 is 4.74 Å². The molecule has 2 aromatic carbocycles. The third-order valence-corrected chi connectivity index (χ3v) is 5.46. The lowest BCUT2D eigenvalue weighted by molar-refractivity contribution is -0.0592. The Balaban J connectivity index is 1.80. The van der Waals surface area contributed by atoms with Gasteiger partial charge < -0.3 is 20.1 Å². The number of ether oxygens (including phenoxy) is 1. The largest absolute Gasteiger partial charge is 0.508 e. The van der Waals surface area contributed by atoms with Gasteiger partial charge in [-0.15, -0.1) is 0 Å². The second kappa shape index (κ2) is 8.76. The van der Waals surface area contributed by atoms with Crippen molar-refractivity contribution in [3.63, 3.8) is 0 Å². The lowest BCUT2D eigenvalue weighted by Crippen LogP contribution is -2.48. The molecule has 0 aromatic heterocycles. The van der Waals surface area contributed by atoms with Gasteiger partial charge in [-0.3, -0.25) is 4.79 Å². The van der Waals surface area contributed by atoms with E-state index in [1.54, 1.807) is 30.3 Å². The zero-order valence-electron chi connectivity index (χ0n) is 17.6. The molecule has 2 unspecified atom stereocenters. The van der Waals surface area contributed by atoms with E-state index in [9.17, 15) is 20.1 Å². The molecule has 0 amide bonds. The van der Waals surface area contributed by atoms with Gasteiger partial charge in [-0.2, -0.15) is 0 Å². The van der Waals surface area contributed by atoms with Crippen molar-refractivity contribution in [2.75, 3.05) is 0 Å². The molecule has 0 aliphatic carbocycles. The van der Waals surface area contributed by atoms with Crippen LogP contribution in [0.15, 0.2) is 54.1 Å². The van der Waals surface area contributed by atoms with Crippen LogP contribution >= 0.6 is 0 Å². The highest BCUT2D eigenvalue weighted by molar-refractivity contribution is 6.09. The van der Waals surface area contributed by atoms with Gasteiger partial charge in [0.05, 0.1) is 11.7 Å². The molecule has 3 N–H and O–H groups in total. The van der Waals surface area contributed by atoms with Crippen LogP contribution in [0, 0.1) is 0 Å². The highest BCUT2D eigenvalue weighted by Gasteiger charge is 2.40. The van der Waals surface area contributed by atoms with E-state index in [4.69, 9.17) is 4.74 Å². The Morgan fingerprint density at radius 2 is 1.87 bits per heavy atom. The topological polar surface area (TPSA) is 87.0 Å². The van der Waals surface area contributed by atoms with Crippen molar-refractivity contribution in [1.29, 1.82) is 0 Å². The van der Waals surface area contributed by atoms with Gasteiger partial charge in [-0.25, -0.2) is 0 Å². The summed E-state index contributed by atoms with van der Waals surface area (Å²) >= 11 is 0. The summed E-state index contributed by atoms with van der Waals surface area (Å²) < 4.78 is 6.08. The number of ketones is 1. The maximum absolute atomic E-state index is 12.6. The standard InChI is InChI=1S/C25H28O5/c1-16(2)5-4-14-25(3)23(28)15-20-22(30-25)13-11-19(24(20)29)21(27)12-8-17-6-9-18(26)10-7-17/h5-13,23,26,28-29H,4,14-15H2,1-3H3/b12-8+. The minimum Gasteiger partial charge on any atom is -0.508 e. The maximum Gasteiger partial charge on any atom is 0.189 e. The molecule has 2 aromatic rings. The molecule has 1 aliphatic heterocycles. The van der Waals surface area contributed by atoms with Crippen LogP contribution in [0.5, 0.6) is 17.2 Å². The molecule has 0 saturated heterocycles. The van der Waals surface area contributed by atoms with Crippen molar-refractivity contribution >= 4 is 11.9 Å². The van der Waals surface area contributed by atoms with E-state index in [2.05, 4.69) is 6.08 Å². The number of allylic oxidation sites excluding steroid dienone is 3. The van der Waals surface area contributed by atoms with Crippen molar-refractivity contribution in [2.45, 2.75) is 51.7 Å². The van der Waals surface area contributed by atoms with Crippen LogP contribution in [0.2, 0.25) is 0 Å². The van der Waals surface area contributed by atoms with Gasteiger partial charge in [0.15, 0.2) is 5.78 Å². The van der Waals surface area contributed by atoms with Crippen molar-refractivity contribution in [3.8, 4) is 17.2 Å². The molecule has 0 spiro atoms. The van der Waals surface area contributed by atoms with Crippen molar-refractivity contribution < 1.29 is 24.9 Å². The molecular weight excluding hydrogens is 380 g/mol. The summed E-state index contributed by atoms with van der Waals surface area (Å²) in [5.74, 6) is 0.141. The lowest BCUT2D eigenvalue weighted by atomic mass is 9.84. The van der Waals surface area contributed by atoms with E-state index in [1.807, 2.05) is 20.8 Å². The van der Waals surface area contributed by atoms with Gasteiger partial charge in [0.1, 0.15) is 22.8 Å². The molecule has 5 heteroatoms. The molecule has 1 aliphatic rings. The third kappa shape index (κ3) is 4.74. The number of aromatic hydroxyl groups is 2. The molecule has 158 valence electrons. The van der Waals surface area contributed by atoms with Crippen molar-refractivity contribution in [3.05, 3.63) is 70.8 Å². The van der Waals surface area contributed by atoms with E-state index in [-0.39, 0.29) is 29.3 Å². The van der Waals surface area contributed by atoms with E-state index < -0.39 is 11.7 Å². The molecule has 0 saturated carbocycles. The second-order valence-electron chi connectivity index (χ2n) is 8.18. The first-order valence-electron chi connectivity index (χ1n) is 10.1. The van der Waals surface area contributed by atoms with E-state index in [0.29, 0.717) is 17.7 Å². The zero-order chi connectivity index (χ0) is 21.9. The number of phenols is 2. The first-order valence-corrected chi connectivity index (χ1v) is 10.1. The molecular formula is C25H28O5. The quantitative estimate of drug-likeness (QED) is 0.363. The monoisotopic (exact) mass is 408 g/mol. The Bertz CT molecular complexity index is 983. The fraction of sp³-hybridized carbons (Fsp3) is 0.320. The number of aliphatic hydroxyl groups excluding tert-OH is 1. The number of rotatable bonds is 6. The average Bonchev–Trinajstić information content (AvgIpc) is 2.69. The van der Waals surface area contributed by atoms with Crippen LogP contribution in [-0.4, -0.2) is 32.8 Å². The third-order valence-electron chi connectivity index (χ3n) is 5.46. The summed E-state index contributed by atoms with van der Waals surface area (Å²) in [6.45, 7) is 5.93. The Labute approximate surface area is 177 Å². The van der Waals surface area contributed by atoms with Crippen molar-refractivity contribution in [2.24, 2.45) is 0 Å². The van der Waals surface area contributed by atoms with Gasteiger partial charge in [0.2, 0.25) is 0 Å². The highest BCUT2D eigenvalue weighted by atomic mass is 16.5. The van der Waals surface area contributed by atoms with Crippen LogP contribution in [0.1, 0.15) is 55.1 Å². The molecule has 5 nitrogen and oxygen atoms in total. The van der Waals surface area contributed by atoms with Gasteiger partial charge >= 0.3 is 0 Å². The second-order valence-corrected chi connectivity index (χ2v) is 8.18. The van der Waals surface area contributed by atoms with Gasteiger partial charge in [-0.05, 0) is 69.5 Å². The molecule has 0 fully saturated rings. The number of hydrogen-bond donors (Lipinski definition) is 3. The summed E-state index contributed by atoms with van der Waals surface area (Å²) in [6, 6.07) is 9.67. The number of carbonyl (C=O) groups is 1. The smallest absolute Gasteiger partial charge is 0.189 e. The molecule has 0 bridgehead atoms. The molecule has 30 heavy (non-hydrogen) atoms. The number of fused-ring (bicyclic) bond motifs is 1.